The van der Waals surface area contributed by atoms with Crippen molar-refractivity contribution >= 4 is 12.0 Å². The number of amides is 2. The van der Waals surface area contributed by atoms with Crippen LogP contribution in [0.4, 0.5) is 4.79 Å². The Hall–Kier alpha value is -2.18. The van der Waals surface area contributed by atoms with Gasteiger partial charge in [-0.1, -0.05) is 0 Å². The number of carboxylic acids is 1. The summed E-state index contributed by atoms with van der Waals surface area (Å²) >= 11 is 0. The lowest BCUT2D eigenvalue weighted by atomic mass is 10.0. The number of carboxylic acid groups (broad SMARTS) is 1. The van der Waals surface area contributed by atoms with Crippen LogP contribution in [0.1, 0.15) is 31.8 Å². The lowest BCUT2D eigenvalue weighted by Crippen LogP contribution is -2.49. The number of hydrogen-bond donors (Lipinski definition) is 3. The molecule has 3 N–H and O–H groups in total. The zero-order chi connectivity index (χ0) is 14.5. The number of aryl methyl sites for hydroxylation is 1. The number of carbonyl (C=O) groups is 2. The largest absolute Gasteiger partial charge is 0.481 e. The van der Waals surface area contributed by atoms with Crippen molar-refractivity contribution < 1.29 is 14.7 Å². The van der Waals surface area contributed by atoms with E-state index in [1.165, 1.54) is 0 Å². The summed E-state index contributed by atoms with van der Waals surface area (Å²) in [6.45, 7) is 5.32. The molecule has 0 fully saturated rings. The van der Waals surface area contributed by atoms with Gasteiger partial charge in [-0.2, -0.15) is 0 Å². The minimum Gasteiger partial charge on any atom is -0.481 e. The minimum absolute atomic E-state index is 0.146. The zero-order valence-electron chi connectivity index (χ0n) is 11.2. The first-order chi connectivity index (χ1) is 8.78. The first-order valence-corrected chi connectivity index (χ1v) is 5.85. The first-order valence-electron chi connectivity index (χ1n) is 5.85. The fraction of sp³-hybridized carbons (Fsp3) is 0.500. The SMILES string of the molecule is Cc1nccc(CNC(=O)NC(C)(C)CC(=O)O)n1. The predicted octanol–water partition coefficient (Wildman–Crippen LogP) is 0.838. The van der Waals surface area contributed by atoms with Gasteiger partial charge in [0, 0.05) is 11.7 Å². The van der Waals surface area contributed by atoms with Crippen LogP contribution in [-0.4, -0.2) is 32.6 Å². The lowest BCUT2D eigenvalue weighted by Gasteiger charge is -2.24. The molecule has 1 rings (SSSR count). The zero-order valence-corrected chi connectivity index (χ0v) is 11.2. The van der Waals surface area contributed by atoms with Gasteiger partial charge >= 0.3 is 12.0 Å². The van der Waals surface area contributed by atoms with Crippen molar-refractivity contribution in [1.29, 1.82) is 0 Å². The molecule has 0 saturated carbocycles. The summed E-state index contributed by atoms with van der Waals surface area (Å²) in [6, 6.07) is 1.28. The molecular formula is C12H18N4O3. The summed E-state index contributed by atoms with van der Waals surface area (Å²) in [4.78, 5) is 30.4. The van der Waals surface area contributed by atoms with Crippen LogP contribution in [0, 0.1) is 6.92 Å². The van der Waals surface area contributed by atoms with E-state index in [1.54, 1.807) is 33.0 Å². The topological polar surface area (TPSA) is 104 Å². The van der Waals surface area contributed by atoms with E-state index in [4.69, 9.17) is 5.11 Å². The Morgan fingerprint density at radius 1 is 1.42 bits per heavy atom. The van der Waals surface area contributed by atoms with Crippen LogP contribution in [0.3, 0.4) is 0 Å². The molecular weight excluding hydrogens is 248 g/mol. The highest BCUT2D eigenvalue weighted by molar-refractivity contribution is 5.76. The van der Waals surface area contributed by atoms with Crippen LogP contribution in [0.15, 0.2) is 12.3 Å². The molecule has 0 aliphatic rings. The Bertz CT molecular complexity index is 474. The number of nitrogens with one attached hydrogen (secondary N) is 2. The lowest BCUT2D eigenvalue weighted by molar-refractivity contribution is -0.138. The molecule has 0 atom stereocenters. The highest BCUT2D eigenvalue weighted by Gasteiger charge is 2.23. The van der Waals surface area contributed by atoms with Crippen LogP contribution in [0.25, 0.3) is 0 Å². The van der Waals surface area contributed by atoms with E-state index in [9.17, 15) is 9.59 Å². The molecule has 0 unspecified atom stereocenters. The van der Waals surface area contributed by atoms with Gasteiger partial charge in [-0.3, -0.25) is 4.79 Å². The van der Waals surface area contributed by atoms with Gasteiger partial charge in [-0.15, -0.1) is 0 Å². The number of rotatable bonds is 5. The Morgan fingerprint density at radius 2 is 2.11 bits per heavy atom. The van der Waals surface area contributed by atoms with Gasteiger partial charge < -0.3 is 15.7 Å². The molecule has 7 heteroatoms. The maximum Gasteiger partial charge on any atom is 0.315 e. The summed E-state index contributed by atoms with van der Waals surface area (Å²) in [6.07, 6.45) is 1.47. The highest BCUT2D eigenvalue weighted by Crippen LogP contribution is 2.07. The smallest absolute Gasteiger partial charge is 0.315 e. The second-order valence-corrected chi connectivity index (χ2v) is 4.86. The number of carbonyl (C=O) groups excluding carboxylic acids is 1. The van der Waals surface area contributed by atoms with Gasteiger partial charge in [0.2, 0.25) is 0 Å². The first kappa shape index (κ1) is 14.9. The molecule has 104 valence electrons. The number of hydrogen-bond acceptors (Lipinski definition) is 4. The van der Waals surface area contributed by atoms with Crippen molar-refractivity contribution in [1.82, 2.24) is 20.6 Å². The van der Waals surface area contributed by atoms with Gasteiger partial charge in [0.15, 0.2) is 0 Å². The summed E-state index contributed by atoms with van der Waals surface area (Å²) in [5, 5.41) is 13.9. The summed E-state index contributed by atoms with van der Waals surface area (Å²) in [5.41, 5.74) is -0.115. The van der Waals surface area contributed by atoms with E-state index < -0.39 is 17.5 Å². The van der Waals surface area contributed by atoms with Crippen molar-refractivity contribution in [2.45, 2.75) is 39.3 Å². The summed E-state index contributed by atoms with van der Waals surface area (Å²) in [5.74, 6) is -0.331. The van der Waals surface area contributed by atoms with E-state index in [0.29, 0.717) is 11.5 Å². The maximum absolute atomic E-state index is 11.6. The van der Waals surface area contributed by atoms with Crippen LogP contribution in [-0.2, 0) is 11.3 Å². The Balaban J connectivity index is 2.46. The molecule has 0 radical (unpaired) electrons. The normalized spacial score (nSPS) is 10.9. The third kappa shape index (κ3) is 5.80. The molecule has 0 spiro atoms. The fourth-order valence-corrected chi connectivity index (χ4v) is 1.55. The van der Waals surface area contributed by atoms with Gasteiger partial charge in [-0.25, -0.2) is 14.8 Å². The average Bonchev–Trinajstić information content (AvgIpc) is 2.24. The van der Waals surface area contributed by atoms with E-state index in [0.717, 1.165) is 0 Å². The van der Waals surface area contributed by atoms with Crippen LogP contribution in [0.2, 0.25) is 0 Å². The number of aromatic nitrogens is 2. The van der Waals surface area contributed by atoms with Gasteiger partial charge in [0.1, 0.15) is 5.82 Å². The number of aliphatic carboxylic acids is 1. The van der Waals surface area contributed by atoms with E-state index >= 15 is 0 Å². The van der Waals surface area contributed by atoms with Gasteiger partial charge in [0.25, 0.3) is 0 Å². The Morgan fingerprint density at radius 3 is 2.68 bits per heavy atom. The Labute approximate surface area is 111 Å². The molecule has 1 aromatic rings. The third-order valence-electron chi connectivity index (χ3n) is 2.31. The third-order valence-corrected chi connectivity index (χ3v) is 2.31. The molecule has 1 aromatic heterocycles. The number of urea groups is 1. The van der Waals surface area contributed by atoms with E-state index in [-0.39, 0.29) is 13.0 Å². The fourth-order valence-electron chi connectivity index (χ4n) is 1.55. The standard InChI is InChI=1S/C12H18N4O3/c1-8-13-5-4-9(15-8)7-14-11(19)16-12(2,3)6-10(17)18/h4-5H,6-7H2,1-3H3,(H,17,18)(H2,14,16,19). The summed E-state index contributed by atoms with van der Waals surface area (Å²) in [7, 11) is 0. The second-order valence-electron chi connectivity index (χ2n) is 4.86. The molecule has 7 nitrogen and oxygen atoms in total. The second kappa shape index (κ2) is 6.12. The van der Waals surface area contributed by atoms with E-state index in [1.807, 2.05) is 0 Å². The van der Waals surface area contributed by atoms with Crippen LogP contribution < -0.4 is 10.6 Å². The molecule has 19 heavy (non-hydrogen) atoms. The van der Waals surface area contributed by atoms with Gasteiger partial charge in [0.05, 0.1) is 18.7 Å². The molecule has 0 aliphatic carbocycles. The molecule has 1 heterocycles. The molecule has 0 bridgehead atoms. The average molecular weight is 266 g/mol. The maximum atomic E-state index is 11.6. The van der Waals surface area contributed by atoms with Crippen molar-refractivity contribution in [2.24, 2.45) is 0 Å². The minimum atomic E-state index is -0.961. The van der Waals surface area contributed by atoms with Crippen molar-refractivity contribution in [2.75, 3.05) is 0 Å². The molecule has 0 saturated heterocycles. The predicted molar refractivity (Wildman–Crippen MR) is 68.5 cm³/mol. The molecule has 2 amide bonds. The number of nitrogens with zero attached hydrogens (tertiary/aromatic N) is 2. The van der Waals surface area contributed by atoms with Crippen molar-refractivity contribution in [3.05, 3.63) is 23.8 Å². The molecule has 0 aromatic carbocycles. The van der Waals surface area contributed by atoms with Crippen molar-refractivity contribution in [3.8, 4) is 0 Å². The Kier molecular flexibility index (Phi) is 4.80. The quantitative estimate of drug-likeness (QED) is 0.732. The molecule has 0 aliphatic heterocycles. The summed E-state index contributed by atoms with van der Waals surface area (Å²) < 4.78 is 0. The van der Waals surface area contributed by atoms with Crippen molar-refractivity contribution in [3.63, 3.8) is 0 Å². The van der Waals surface area contributed by atoms with Crippen LogP contribution in [0.5, 0.6) is 0 Å². The van der Waals surface area contributed by atoms with Crippen LogP contribution >= 0.6 is 0 Å². The van der Waals surface area contributed by atoms with E-state index in [2.05, 4.69) is 20.6 Å². The monoisotopic (exact) mass is 266 g/mol. The van der Waals surface area contributed by atoms with Gasteiger partial charge in [-0.05, 0) is 26.8 Å². The highest BCUT2D eigenvalue weighted by atomic mass is 16.4.